The van der Waals surface area contributed by atoms with Crippen molar-refractivity contribution >= 4 is 29.9 Å². The molecule has 6 nitrogen and oxygen atoms in total. The van der Waals surface area contributed by atoms with Crippen molar-refractivity contribution in [1.82, 2.24) is 15.5 Å². The van der Waals surface area contributed by atoms with E-state index in [1.165, 1.54) is 69.2 Å². The highest BCUT2D eigenvalue weighted by Crippen LogP contribution is 2.25. The number of halogens is 1. The minimum Gasteiger partial charge on any atom is -0.381 e. The number of rotatable bonds is 7. The fourth-order valence-corrected chi connectivity index (χ4v) is 5.32. The van der Waals surface area contributed by atoms with E-state index in [0.717, 1.165) is 44.6 Å². The highest BCUT2D eigenvalue weighted by molar-refractivity contribution is 14.0. The Labute approximate surface area is 217 Å². The molecule has 2 saturated heterocycles. The number of piperidine rings is 1. The fourth-order valence-electron chi connectivity index (χ4n) is 5.32. The van der Waals surface area contributed by atoms with E-state index in [2.05, 4.69) is 44.8 Å². The number of ether oxygens (including phenoxy) is 2. The van der Waals surface area contributed by atoms with E-state index in [1.54, 1.807) is 0 Å². The zero-order valence-electron chi connectivity index (χ0n) is 20.3. The van der Waals surface area contributed by atoms with E-state index in [0.29, 0.717) is 18.8 Å². The summed E-state index contributed by atoms with van der Waals surface area (Å²) in [5.41, 5.74) is 2.49. The number of benzene rings is 1. The summed E-state index contributed by atoms with van der Waals surface area (Å²) >= 11 is 0. The van der Waals surface area contributed by atoms with Crippen LogP contribution in [0.4, 0.5) is 0 Å². The topological polar surface area (TPSA) is 58.1 Å². The Morgan fingerprint density at radius 2 is 1.76 bits per heavy atom. The van der Waals surface area contributed by atoms with Gasteiger partial charge >= 0.3 is 0 Å². The average Bonchev–Trinajstić information content (AvgIpc) is 2.87. The quantitative estimate of drug-likeness (QED) is 0.288. The van der Waals surface area contributed by atoms with Crippen molar-refractivity contribution in [2.75, 3.05) is 33.4 Å². The lowest BCUT2D eigenvalue weighted by Crippen LogP contribution is -2.50. The molecular weight excluding hydrogens is 527 g/mol. The van der Waals surface area contributed by atoms with Crippen LogP contribution in [0.2, 0.25) is 0 Å². The zero-order chi connectivity index (χ0) is 22.0. The lowest BCUT2D eigenvalue weighted by molar-refractivity contribution is -0.0390. The Bertz CT molecular complexity index is 712. The van der Waals surface area contributed by atoms with Gasteiger partial charge in [-0.2, -0.15) is 0 Å². The molecule has 3 fully saturated rings. The number of hydrogen-bond acceptors (Lipinski definition) is 4. The second-order valence-corrected chi connectivity index (χ2v) is 9.61. The lowest BCUT2D eigenvalue weighted by atomic mass is 9.92. The first-order valence-electron chi connectivity index (χ1n) is 12.8. The molecule has 1 aromatic carbocycles. The normalized spacial score (nSPS) is 22.0. The van der Waals surface area contributed by atoms with Gasteiger partial charge in [0.15, 0.2) is 5.96 Å². The van der Waals surface area contributed by atoms with Gasteiger partial charge in [0.25, 0.3) is 0 Å². The monoisotopic (exact) mass is 570 g/mol. The summed E-state index contributed by atoms with van der Waals surface area (Å²) in [5.74, 6) is 0.907. The maximum absolute atomic E-state index is 6.08. The van der Waals surface area contributed by atoms with Crippen LogP contribution in [-0.2, 0) is 22.6 Å². The summed E-state index contributed by atoms with van der Waals surface area (Å²) in [7, 11) is 1.87. The van der Waals surface area contributed by atoms with Gasteiger partial charge in [-0.05, 0) is 49.7 Å². The van der Waals surface area contributed by atoms with Crippen LogP contribution in [0.1, 0.15) is 68.9 Å². The number of nitrogens with one attached hydrogen (secondary N) is 2. The second-order valence-electron chi connectivity index (χ2n) is 9.61. The molecule has 2 heterocycles. The van der Waals surface area contributed by atoms with E-state index in [-0.39, 0.29) is 24.0 Å². The number of aliphatic imine (C=N–C) groups is 1. The predicted octanol–water partition coefficient (Wildman–Crippen LogP) is 4.46. The standard InChI is InChI=1S/C26H42N4O2.HI/c1-27-26(29-23-10-14-30(15-11-23)24-8-3-2-4-9-24)28-19-21-6-5-7-22(18-21)20-32-25-12-16-31-17-13-25;/h5-7,18,23-25H,2-4,8-17,19-20H2,1H3,(H2,27,28,29);1H. The van der Waals surface area contributed by atoms with E-state index < -0.39 is 0 Å². The molecule has 0 atom stereocenters. The Balaban J connectivity index is 0.00000306. The van der Waals surface area contributed by atoms with Gasteiger partial charge in [-0.3, -0.25) is 4.99 Å². The van der Waals surface area contributed by atoms with Gasteiger partial charge in [0.2, 0.25) is 0 Å². The maximum Gasteiger partial charge on any atom is 0.191 e. The van der Waals surface area contributed by atoms with Gasteiger partial charge in [0, 0.05) is 52.0 Å². The smallest absolute Gasteiger partial charge is 0.191 e. The largest absolute Gasteiger partial charge is 0.381 e. The van der Waals surface area contributed by atoms with Crippen LogP contribution >= 0.6 is 24.0 Å². The Kier molecular flexibility index (Phi) is 11.7. The molecule has 0 spiro atoms. The maximum atomic E-state index is 6.08. The van der Waals surface area contributed by atoms with Gasteiger partial charge in [-0.15, -0.1) is 24.0 Å². The molecular formula is C26H43IN4O2. The summed E-state index contributed by atoms with van der Waals surface area (Å²) in [6.45, 7) is 5.51. The predicted molar refractivity (Wildman–Crippen MR) is 145 cm³/mol. The minimum atomic E-state index is 0. The molecule has 7 heteroatoms. The van der Waals surface area contributed by atoms with Crippen molar-refractivity contribution in [2.24, 2.45) is 4.99 Å². The van der Waals surface area contributed by atoms with Crippen molar-refractivity contribution in [1.29, 1.82) is 0 Å². The number of nitrogens with zero attached hydrogens (tertiary/aromatic N) is 2. The van der Waals surface area contributed by atoms with Crippen molar-refractivity contribution in [3.8, 4) is 0 Å². The molecule has 1 saturated carbocycles. The molecule has 0 aromatic heterocycles. The molecule has 1 aromatic rings. The highest BCUT2D eigenvalue weighted by Gasteiger charge is 2.26. The molecule has 2 N–H and O–H groups in total. The first-order valence-corrected chi connectivity index (χ1v) is 12.8. The first-order chi connectivity index (χ1) is 15.8. The van der Waals surface area contributed by atoms with Crippen LogP contribution in [-0.4, -0.2) is 62.4 Å². The summed E-state index contributed by atoms with van der Waals surface area (Å²) in [6.07, 6.45) is 11.8. The van der Waals surface area contributed by atoms with Crippen molar-refractivity contribution < 1.29 is 9.47 Å². The molecule has 1 aliphatic carbocycles. The van der Waals surface area contributed by atoms with Crippen molar-refractivity contribution in [3.63, 3.8) is 0 Å². The SMILES string of the molecule is CN=C(NCc1cccc(COC2CCOCC2)c1)NC1CCN(C2CCCCC2)CC1.I. The minimum absolute atomic E-state index is 0. The first kappa shape index (κ1) is 26.7. The molecule has 4 rings (SSSR count). The summed E-state index contributed by atoms with van der Waals surface area (Å²) in [4.78, 5) is 7.21. The summed E-state index contributed by atoms with van der Waals surface area (Å²) < 4.78 is 11.5. The van der Waals surface area contributed by atoms with Crippen LogP contribution in [0.3, 0.4) is 0 Å². The molecule has 186 valence electrons. The summed E-state index contributed by atoms with van der Waals surface area (Å²) in [6, 6.07) is 10.0. The average molecular weight is 571 g/mol. The van der Waals surface area contributed by atoms with Crippen molar-refractivity contribution in [2.45, 2.75) is 89.1 Å². The molecule has 3 aliphatic rings. The van der Waals surface area contributed by atoms with Gasteiger partial charge in [0.1, 0.15) is 0 Å². The molecule has 0 bridgehead atoms. The van der Waals surface area contributed by atoms with Crippen LogP contribution in [0, 0.1) is 0 Å². The van der Waals surface area contributed by atoms with Gasteiger partial charge in [-0.1, -0.05) is 43.5 Å². The van der Waals surface area contributed by atoms with E-state index in [9.17, 15) is 0 Å². The summed E-state index contributed by atoms with van der Waals surface area (Å²) in [5, 5.41) is 7.17. The third kappa shape index (κ3) is 8.67. The third-order valence-corrected chi connectivity index (χ3v) is 7.29. The van der Waals surface area contributed by atoms with Gasteiger partial charge in [0.05, 0.1) is 12.7 Å². The number of hydrogen-bond donors (Lipinski definition) is 2. The molecule has 33 heavy (non-hydrogen) atoms. The van der Waals surface area contributed by atoms with E-state index in [1.807, 2.05) is 7.05 Å². The Morgan fingerprint density at radius 3 is 2.48 bits per heavy atom. The highest BCUT2D eigenvalue weighted by atomic mass is 127. The molecule has 0 radical (unpaired) electrons. The lowest BCUT2D eigenvalue weighted by Gasteiger charge is -2.39. The molecule has 0 unspecified atom stereocenters. The Hall–Kier alpha value is -0.900. The zero-order valence-corrected chi connectivity index (χ0v) is 22.6. The van der Waals surface area contributed by atoms with Crippen LogP contribution in [0.15, 0.2) is 29.3 Å². The van der Waals surface area contributed by atoms with E-state index in [4.69, 9.17) is 9.47 Å². The second kappa shape index (κ2) is 14.5. The van der Waals surface area contributed by atoms with Crippen LogP contribution in [0.5, 0.6) is 0 Å². The molecule has 0 amide bonds. The van der Waals surface area contributed by atoms with E-state index >= 15 is 0 Å². The van der Waals surface area contributed by atoms with Crippen LogP contribution < -0.4 is 10.6 Å². The number of guanidine groups is 1. The van der Waals surface area contributed by atoms with Gasteiger partial charge in [-0.25, -0.2) is 0 Å². The Morgan fingerprint density at radius 1 is 1.03 bits per heavy atom. The number of likely N-dealkylation sites (tertiary alicyclic amines) is 1. The van der Waals surface area contributed by atoms with Crippen LogP contribution in [0.25, 0.3) is 0 Å². The molecule has 2 aliphatic heterocycles. The third-order valence-electron chi connectivity index (χ3n) is 7.29. The van der Waals surface area contributed by atoms with Crippen molar-refractivity contribution in [3.05, 3.63) is 35.4 Å². The van der Waals surface area contributed by atoms with Gasteiger partial charge < -0.3 is 25.0 Å². The fraction of sp³-hybridized carbons (Fsp3) is 0.731.